The number of hydrogen-bond donors (Lipinski definition) is 1. The first-order valence-electron chi connectivity index (χ1n) is 16.2. The molecule has 6 rings (SSSR count). The highest BCUT2D eigenvalue weighted by Crippen LogP contribution is 2.59. The van der Waals surface area contributed by atoms with Crippen molar-refractivity contribution in [3.63, 3.8) is 0 Å². The molecule has 9 nitrogen and oxygen atoms in total. The van der Waals surface area contributed by atoms with Crippen molar-refractivity contribution in [2.75, 3.05) is 37.7 Å². The number of benzene rings is 1. The van der Waals surface area contributed by atoms with E-state index in [0.29, 0.717) is 45.5 Å². The number of aliphatic hydroxyl groups excluding tert-OH is 1. The molecule has 3 fully saturated rings. The Morgan fingerprint density at radius 2 is 1.65 bits per heavy atom. The number of carbonyl (C=O) groups excluding carboxylic acids is 3. The molecule has 1 spiro atoms. The van der Waals surface area contributed by atoms with Gasteiger partial charge in [-0.3, -0.25) is 14.4 Å². The summed E-state index contributed by atoms with van der Waals surface area (Å²) in [6, 6.07) is 6.75. The fourth-order valence-electron chi connectivity index (χ4n) is 8.25. The Morgan fingerprint density at radius 1 is 0.907 bits per heavy atom. The Bertz CT molecular complexity index is 1270. The fraction of sp³-hybridized carbons (Fsp3) is 0.618. The van der Waals surface area contributed by atoms with Gasteiger partial charge >= 0.3 is 0 Å². The van der Waals surface area contributed by atoms with Crippen molar-refractivity contribution < 1.29 is 29.0 Å². The normalized spacial score (nSPS) is 32.5. The molecule has 1 unspecified atom stereocenters. The number of fused-ring (bicyclic) bond motifs is 2. The second-order valence-corrected chi connectivity index (χ2v) is 12.5. The zero-order chi connectivity index (χ0) is 30.2. The van der Waals surface area contributed by atoms with Crippen molar-refractivity contribution in [3.05, 3.63) is 48.6 Å². The monoisotopic (exact) mass is 591 g/mol. The van der Waals surface area contributed by atoms with E-state index in [1.165, 1.54) is 6.42 Å². The Labute approximate surface area is 254 Å². The number of ether oxygens (including phenoxy) is 2. The Hall–Kier alpha value is -3.17. The third-order valence-electron chi connectivity index (χ3n) is 10.3. The van der Waals surface area contributed by atoms with Crippen LogP contribution >= 0.6 is 0 Å². The number of amides is 3. The van der Waals surface area contributed by atoms with E-state index in [4.69, 9.17) is 9.47 Å². The minimum Gasteiger partial charge on any atom is -0.494 e. The molecule has 4 aliphatic heterocycles. The van der Waals surface area contributed by atoms with Gasteiger partial charge < -0.3 is 29.3 Å². The van der Waals surface area contributed by atoms with Gasteiger partial charge in [0.25, 0.3) is 0 Å². The van der Waals surface area contributed by atoms with Crippen LogP contribution in [0, 0.1) is 11.8 Å². The van der Waals surface area contributed by atoms with Gasteiger partial charge in [0.05, 0.1) is 24.0 Å². The predicted octanol–water partition coefficient (Wildman–Crippen LogP) is 3.85. The first kappa shape index (κ1) is 29.9. The minimum atomic E-state index is -1.25. The van der Waals surface area contributed by atoms with Crippen molar-refractivity contribution in [1.82, 2.24) is 9.80 Å². The van der Waals surface area contributed by atoms with Crippen LogP contribution in [0.1, 0.15) is 65.2 Å². The molecule has 0 aromatic heterocycles. The minimum absolute atomic E-state index is 0.0156. The molecule has 5 aliphatic rings. The third-order valence-corrected chi connectivity index (χ3v) is 10.3. The molecule has 5 atom stereocenters. The van der Waals surface area contributed by atoms with Crippen LogP contribution in [-0.4, -0.2) is 88.8 Å². The number of nitrogens with zero attached hydrogens (tertiary/aromatic N) is 3. The van der Waals surface area contributed by atoms with Crippen molar-refractivity contribution in [2.45, 2.75) is 88.5 Å². The second-order valence-electron chi connectivity index (χ2n) is 12.5. The number of likely N-dealkylation sites (tertiary alicyclic amines) is 1. The van der Waals surface area contributed by atoms with Crippen LogP contribution in [0.3, 0.4) is 0 Å². The molecular weight excluding hydrogens is 546 g/mol. The van der Waals surface area contributed by atoms with Gasteiger partial charge in [-0.25, -0.2) is 0 Å². The maximum Gasteiger partial charge on any atom is 0.249 e. The number of anilines is 1. The highest BCUT2D eigenvalue weighted by atomic mass is 16.5. The zero-order valence-electron chi connectivity index (χ0n) is 25.5. The summed E-state index contributed by atoms with van der Waals surface area (Å²) in [5.41, 5.74) is -1.54. The summed E-state index contributed by atoms with van der Waals surface area (Å²) >= 11 is 0. The number of hydrogen-bond acceptors (Lipinski definition) is 6. The summed E-state index contributed by atoms with van der Waals surface area (Å²) in [5.74, 6) is -1.36. The number of rotatable bonds is 9. The molecule has 232 valence electrons. The Morgan fingerprint density at radius 3 is 2.35 bits per heavy atom. The maximum atomic E-state index is 14.7. The van der Waals surface area contributed by atoms with Gasteiger partial charge in [0.1, 0.15) is 17.4 Å². The van der Waals surface area contributed by atoms with Gasteiger partial charge in [0.2, 0.25) is 17.7 Å². The number of aliphatic hydroxyl groups is 1. The van der Waals surface area contributed by atoms with Crippen molar-refractivity contribution in [2.24, 2.45) is 11.8 Å². The lowest BCUT2D eigenvalue weighted by Gasteiger charge is -2.40. The SMILES string of the molecule is CCOc1ccc(N2CC=C[C@]3(CC)O[C@]45C=CCN(C6CCCCC6)C(=O)C4N(CCCCO)C(=O)[C@@H]5[C@@H]3C2=O)cc1. The van der Waals surface area contributed by atoms with E-state index >= 15 is 0 Å². The van der Waals surface area contributed by atoms with Gasteiger partial charge in [-0.15, -0.1) is 0 Å². The average molecular weight is 592 g/mol. The smallest absolute Gasteiger partial charge is 0.249 e. The van der Waals surface area contributed by atoms with Gasteiger partial charge in [-0.05, 0) is 63.3 Å². The second kappa shape index (κ2) is 12.1. The van der Waals surface area contributed by atoms with Gasteiger partial charge in [0.15, 0.2) is 0 Å². The van der Waals surface area contributed by atoms with Crippen LogP contribution in [0.2, 0.25) is 0 Å². The van der Waals surface area contributed by atoms with Gasteiger partial charge in [-0.2, -0.15) is 0 Å². The van der Waals surface area contributed by atoms with Crippen LogP contribution in [0.5, 0.6) is 5.75 Å². The molecule has 3 amide bonds. The zero-order valence-corrected chi connectivity index (χ0v) is 25.5. The van der Waals surface area contributed by atoms with E-state index in [-0.39, 0.29) is 30.4 Å². The molecule has 4 heterocycles. The summed E-state index contributed by atoms with van der Waals surface area (Å²) in [4.78, 5) is 49.2. The van der Waals surface area contributed by atoms with Gasteiger partial charge in [-0.1, -0.05) is 50.5 Å². The largest absolute Gasteiger partial charge is 0.494 e. The van der Waals surface area contributed by atoms with Crippen molar-refractivity contribution in [1.29, 1.82) is 0 Å². The summed E-state index contributed by atoms with van der Waals surface area (Å²) in [5, 5.41) is 9.50. The summed E-state index contributed by atoms with van der Waals surface area (Å²) in [7, 11) is 0. The van der Waals surface area contributed by atoms with E-state index < -0.39 is 29.1 Å². The van der Waals surface area contributed by atoms with E-state index in [9.17, 15) is 19.5 Å². The average Bonchev–Trinajstić information content (AvgIpc) is 3.30. The lowest BCUT2D eigenvalue weighted by molar-refractivity contribution is -0.154. The standard InChI is InChI=1S/C34H45N3O6/c1-3-33-18-10-21-35(25-14-16-26(17-15-25)42-4-2)30(39)27(33)28-31(40)37(20-8-9-23-38)29-32(41)36(24-12-6-5-7-13-24)22-11-19-34(28,29)43-33/h10-11,14-19,24,27-29,38H,3-9,12-13,20-23H2,1-2H3/t27-,28+,29?,33+,34+/m1/s1. The molecule has 2 saturated heterocycles. The van der Waals surface area contributed by atoms with Crippen LogP contribution in [-0.2, 0) is 19.1 Å². The number of carbonyl (C=O) groups is 3. The Kier molecular flexibility index (Phi) is 8.39. The third kappa shape index (κ3) is 4.89. The van der Waals surface area contributed by atoms with E-state index in [2.05, 4.69) is 0 Å². The lowest BCUT2D eigenvalue weighted by Crippen LogP contribution is -2.57. The fourth-order valence-corrected chi connectivity index (χ4v) is 8.25. The van der Waals surface area contributed by atoms with E-state index in [1.54, 1.807) is 9.80 Å². The topological polar surface area (TPSA) is 99.6 Å². The van der Waals surface area contributed by atoms with Crippen molar-refractivity contribution >= 4 is 23.4 Å². The molecule has 0 bridgehead atoms. The first-order chi connectivity index (χ1) is 20.9. The molecule has 1 aromatic carbocycles. The van der Waals surface area contributed by atoms with Gasteiger partial charge in [0, 0.05) is 38.0 Å². The van der Waals surface area contributed by atoms with E-state index in [0.717, 1.165) is 37.1 Å². The highest BCUT2D eigenvalue weighted by molar-refractivity contribution is 6.04. The highest BCUT2D eigenvalue weighted by Gasteiger charge is 2.75. The maximum absolute atomic E-state index is 14.7. The lowest BCUT2D eigenvalue weighted by atomic mass is 9.73. The Balaban J connectivity index is 1.41. The summed E-state index contributed by atoms with van der Waals surface area (Å²) in [6.45, 7) is 5.65. The first-order valence-corrected chi connectivity index (χ1v) is 16.2. The molecule has 0 radical (unpaired) electrons. The van der Waals surface area contributed by atoms with Crippen molar-refractivity contribution in [3.8, 4) is 5.75 Å². The van der Waals surface area contributed by atoms with Crippen LogP contribution in [0.25, 0.3) is 0 Å². The van der Waals surface area contributed by atoms with E-state index in [1.807, 2.05) is 67.3 Å². The van der Waals surface area contributed by atoms with Crippen LogP contribution in [0.15, 0.2) is 48.6 Å². The molecular formula is C34H45N3O6. The number of unbranched alkanes of at least 4 members (excludes halogenated alkanes) is 1. The molecule has 1 N–H and O–H groups in total. The summed E-state index contributed by atoms with van der Waals surface area (Å²) < 4.78 is 12.7. The molecule has 43 heavy (non-hydrogen) atoms. The van der Waals surface area contributed by atoms with Crippen LogP contribution in [0.4, 0.5) is 5.69 Å². The summed E-state index contributed by atoms with van der Waals surface area (Å²) in [6.07, 6.45) is 14.7. The van der Waals surface area contributed by atoms with Crippen LogP contribution < -0.4 is 9.64 Å². The predicted molar refractivity (Wildman–Crippen MR) is 162 cm³/mol. The molecule has 9 heteroatoms. The molecule has 1 aromatic rings. The molecule has 1 aliphatic carbocycles. The quantitative estimate of drug-likeness (QED) is 0.346. The molecule has 1 saturated carbocycles.